The highest BCUT2D eigenvalue weighted by Gasteiger charge is 2.61. The quantitative estimate of drug-likeness (QED) is 0.251. The molecule has 226 valence electrons. The van der Waals surface area contributed by atoms with E-state index in [9.17, 15) is 4.79 Å². The van der Waals surface area contributed by atoms with Crippen LogP contribution in [0.1, 0.15) is 76.8 Å². The summed E-state index contributed by atoms with van der Waals surface area (Å²) in [5.41, 5.74) is 5.75. The summed E-state index contributed by atoms with van der Waals surface area (Å²) in [4.78, 5) is 16.2. The Morgan fingerprint density at radius 1 is 1.02 bits per heavy atom. The number of rotatable bonds is 8. The van der Waals surface area contributed by atoms with E-state index >= 15 is 0 Å². The topological polar surface area (TPSA) is 50.8 Å². The molecule has 2 aromatic rings. The van der Waals surface area contributed by atoms with Crippen molar-refractivity contribution >= 4 is 20.0 Å². The molecule has 2 fully saturated rings. The molecule has 3 atom stereocenters. The molecule has 2 aromatic carbocycles. The van der Waals surface area contributed by atoms with E-state index in [1.165, 1.54) is 43.9 Å². The van der Waals surface area contributed by atoms with E-state index in [4.69, 9.17) is 9.16 Å². The second-order valence-electron chi connectivity index (χ2n) is 15.1. The lowest BCUT2D eigenvalue weighted by atomic mass is 9.60. The Bertz CT molecular complexity index is 1340. The minimum absolute atomic E-state index is 0.159. The number of likely N-dealkylation sites (tertiary alicyclic amines) is 1. The van der Waals surface area contributed by atoms with Crippen molar-refractivity contribution in [2.45, 2.75) is 102 Å². The molecule has 42 heavy (non-hydrogen) atoms. The van der Waals surface area contributed by atoms with Gasteiger partial charge in [-0.25, -0.2) is 4.79 Å². The first kappa shape index (κ1) is 29.6. The second-order valence-corrected chi connectivity index (χ2v) is 19.9. The lowest BCUT2D eigenvalue weighted by molar-refractivity contribution is -0.136. The highest BCUT2D eigenvalue weighted by Crippen LogP contribution is 2.61. The van der Waals surface area contributed by atoms with E-state index < -0.39 is 8.32 Å². The second kappa shape index (κ2) is 10.9. The van der Waals surface area contributed by atoms with Crippen LogP contribution in [0.15, 0.2) is 65.9 Å². The fraction of sp³-hybridized carbons (Fsp3) is 0.583. The lowest BCUT2D eigenvalue weighted by Gasteiger charge is -2.49. The molecule has 2 heterocycles. The van der Waals surface area contributed by atoms with Gasteiger partial charge in [-0.3, -0.25) is 4.90 Å². The van der Waals surface area contributed by atoms with Gasteiger partial charge in [0.15, 0.2) is 8.32 Å². The third kappa shape index (κ3) is 4.97. The number of carbonyl (C=O) groups excluding carboxylic acids is 1. The van der Waals surface area contributed by atoms with E-state index in [1.807, 2.05) is 0 Å². The van der Waals surface area contributed by atoms with Crippen LogP contribution in [0.4, 0.5) is 5.69 Å². The largest absolute Gasteiger partial charge is 0.466 e. The fourth-order valence-electron chi connectivity index (χ4n) is 8.49. The number of esters is 1. The summed E-state index contributed by atoms with van der Waals surface area (Å²) in [6, 6.07) is 20.0. The van der Waals surface area contributed by atoms with Gasteiger partial charge in [0.05, 0.1) is 18.1 Å². The van der Waals surface area contributed by atoms with Gasteiger partial charge in [0.25, 0.3) is 0 Å². The number of para-hydroxylation sites is 1. The van der Waals surface area contributed by atoms with Crippen molar-refractivity contribution in [3.63, 3.8) is 0 Å². The molecular weight excluding hydrogens is 536 g/mol. The zero-order valence-electron chi connectivity index (χ0n) is 26.6. The maximum absolute atomic E-state index is 13.5. The number of benzene rings is 2. The molecule has 0 amide bonds. The van der Waals surface area contributed by atoms with Gasteiger partial charge in [0.1, 0.15) is 0 Å². The molecule has 0 radical (unpaired) electrons. The predicted molar refractivity (Wildman–Crippen MR) is 173 cm³/mol. The van der Waals surface area contributed by atoms with Crippen LogP contribution in [0.2, 0.25) is 18.1 Å². The molecule has 6 rings (SSSR count). The smallest absolute Gasteiger partial charge is 0.335 e. The maximum Gasteiger partial charge on any atom is 0.335 e. The molecule has 0 aromatic heterocycles. The number of nitrogens with one attached hydrogen (secondary N) is 1. The van der Waals surface area contributed by atoms with E-state index in [0.29, 0.717) is 12.0 Å². The van der Waals surface area contributed by atoms with Crippen molar-refractivity contribution in [3.8, 4) is 0 Å². The van der Waals surface area contributed by atoms with Gasteiger partial charge in [-0.1, -0.05) is 82.1 Å². The molecule has 1 saturated carbocycles. The maximum atomic E-state index is 13.5. The van der Waals surface area contributed by atoms with Crippen LogP contribution in [0.25, 0.3) is 0 Å². The summed E-state index contributed by atoms with van der Waals surface area (Å²) in [7, 11) is -0.352. The molecule has 4 aliphatic rings. The third-order valence-electron chi connectivity index (χ3n) is 11.6. The van der Waals surface area contributed by atoms with Crippen molar-refractivity contribution in [2.24, 2.45) is 11.3 Å². The molecule has 0 bridgehead atoms. The Morgan fingerprint density at radius 2 is 1.71 bits per heavy atom. The highest BCUT2D eigenvalue weighted by molar-refractivity contribution is 6.74. The number of fused-ring (bicyclic) bond motifs is 1. The van der Waals surface area contributed by atoms with Crippen molar-refractivity contribution < 1.29 is 14.0 Å². The first-order valence-corrected chi connectivity index (χ1v) is 19.0. The van der Waals surface area contributed by atoms with Gasteiger partial charge in [0, 0.05) is 37.1 Å². The van der Waals surface area contributed by atoms with Crippen LogP contribution in [0, 0.1) is 11.3 Å². The Labute approximate surface area is 254 Å². The zero-order chi connectivity index (χ0) is 29.8. The molecule has 5 nitrogen and oxygen atoms in total. The molecule has 2 aliphatic carbocycles. The number of hydrogen-bond donors (Lipinski definition) is 1. The summed E-state index contributed by atoms with van der Waals surface area (Å²) in [6.45, 7) is 14.6. The number of nitrogens with zero attached hydrogens (tertiary/aromatic N) is 1. The number of hydrogen-bond acceptors (Lipinski definition) is 5. The van der Waals surface area contributed by atoms with Crippen LogP contribution < -0.4 is 5.32 Å². The summed E-state index contributed by atoms with van der Waals surface area (Å²) in [6.07, 6.45) is 7.83. The number of ether oxygens (including phenoxy) is 1. The first-order valence-electron chi connectivity index (χ1n) is 16.1. The molecule has 1 spiro atoms. The summed E-state index contributed by atoms with van der Waals surface area (Å²) >= 11 is 0. The molecule has 1 N–H and O–H groups in total. The van der Waals surface area contributed by atoms with Gasteiger partial charge in [0.2, 0.25) is 0 Å². The van der Waals surface area contributed by atoms with Crippen LogP contribution in [0.3, 0.4) is 0 Å². The Kier molecular flexibility index (Phi) is 7.72. The summed E-state index contributed by atoms with van der Waals surface area (Å²) in [5, 5.41) is 3.96. The normalized spacial score (nSPS) is 26.9. The van der Waals surface area contributed by atoms with Crippen molar-refractivity contribution in [1.82, 2.24) is 4.90 Å². The first-order chi connectivity index (χ1) is 20.0. The van der Waals surface area contributed by atoms with Gasteiger partial charge in [-0.15, -0.1) is 0 Å². The SMILES string of the molecule is COC(=O)C1=C2Nc3ccccc3[C@]23CCN(Cc2ccccc2)[C@@H]3[C@@H](CC2(CO[Si](C)(C)C(C)(C)C)CCCC2)C1. The number of anilines is 1. The van der Waals surface area contributed by atoms with E-state index in [2.05, 4.69) is 98.7 Å². The van der Waals surface area contributed by atoms with Crippen molar-refractivity contribution in [3.05, 3.63) is 77.0 Å². The van der Waals surface area contributed by atoms with Crippen molar-refractivity contribution in [1.29, 1.82) is 0 Å². The predicted octanol–water partition coefficient (Wildman–Crippen LogP) is 8.04. The molecular formula is C36H50N2O3Si. The molecule has 0 unspecified atom stereocenters. The van der Waals surface area contributed by atoms with E-state index in [0.717, 1.165) is 55.9 Å². The van der Waals surface area contributed by atoms with Crippen molar-refractivity contribution in [2.75, 3.05) is 25.6 Å². The Hall–Kier alpha value is -2.41. The monoisotopic (exact) mass is 586 g/mol. The molecule has 2 aliphatic heterocycles. The molecule has 1 saturated heterocycles. The minimum Gasteiger partial charge on any atom is -0.466 e. The number of carbonyl (C=O) groups is 1. The lowest BCUT2D eigenvalue weighted by Crippen LogP contribution is -2.53. The van der Waals surface area contributed by atoms with Crippen LogP contribution in [0.5, 0.6) is 0 Å². The van der Waals surface area contributed by atoms with Crippen LogP contribution in [-0.4, -0.2) is 45.5 Å². The Morgan fingerprint density at radius 3 is 2.40 bits per heavy atom. The summed E-state index contributed by atoms with van der Waals surface area (Å²) < 4.78 is 12.5. The average molecular weight is 587 g/mol. The minimum atomic E-state index is -1.89. The summed E-state index contributed by atoms with van der Waals surface area (Å²) in [5.74, 6) is 0.163. The molecule has 6 heteroatoms. The van der Waals surface area contributed by atoms with Crippen LogP contribution in [-0.2, 0) is 25.9 Å². The average Bonchev–Trinajstić information content (AvgIpc) is 3.68. The fourth-order valence-corrected chi connectivity index (χ4v) is 9.59. The standard InChI is InChI=1S/C36H50N2O3Si/c1-34(2,3)42(5,6)41-25-35(18-12-13-19-35)23-27-22-28(33(39)40-4)31-36(29-16-10-11-17-30(29)37-31)20-21-38(32(27)36)24-26-14-8-7-9-15-26/h7-11,14-17,27,32,37H,12-13,18-25H2,1-6H3/t27-,32-,36-/m1/s1. The van der Waals surface area contributed by atoms with Gasteiger partial charge in [-0.05, 0) is 78.8 Å². The Balaban J connectivity index is 1.42. The number of methoxy groups -OCH3 is 1. The van der Waals surface area contributed by atoms with Gasteiger partial charge >= 0.3 is 5.97 Å². The zero-order valence-corrected chi connectivity index (χ0v) is 27.6. The van der Waals surface area contributed by atoms with Gasteiger partial charge in [-0.2, -0.15) is 0 Å². The van der Waals surface area contributed by atoms with E-state index in [-0.39, 0.29) is 21.8 Å². The van der Waals surface area contributed by atoms with Gasteiger partial charge < -0.3 is 14.5 Å². The van der Waals surface area contributed by atoms with Crippen LogP contribution >= 0.6 is 0 Å². The highest BCUT2D eigenvalue weighted by atomic mass is 28.4. The van der Waals surface area contributed by atoms with E-state index in [1.54, 1.807) is 0 Å². The third-order valence-corrected chi connectivity index (χ3v) is 16.1.